The molecule has 2 unspecified atom stereocenters. The Bertz CT molecular complexity index is 2070. The molecule has 2 aromatic carbocycles. The van der Waals surface area contributed by atoms with Gasteiger partial charge in [-0.25, -0.2) is 14.8 Å². The van der Waals surface area contributed by atoms with Gasteiger partial charge in [0.05, 0.1) is 31.1 Å². The van der Waals surface area contributed by atoms with Crippen LogP contribution in [0.25, 0.3) is 44.8 Å². The highest BCUT2D eigenvalue weighted by Gasteiger charge is 2.46. The fraction of sp³-hybridized carbons (Fsp3) is 0.405. The average molecular weight is 633 g/mol. The lowest BCUT2D eigenvalue weighted by atomic mass is 10.0. The van der Waals surface area contributed by atoms with Gasteiger partial charge in [0, 0.05) is 48.4 Å². The van der Waals surface area contributed by atoms with Crippen molar-refractivity contribution in [3.8, 4) is 28.5 Å². The van der Waals surface area contributed by atoms with Gasteiger partial charge in [-0.05, 0) is 92.3 Å². The largest absolute Gasteiger partial charge is 0.494 e. The Morgan fingerprint density at radius 3 is 2.55 bits per heavy atom. The molecule has 8 rings (SSSR count). The monoisotopic (exact) mass is 632 g/mol. The molecule has 0 radical (unpaired) electrons. The van der Waals surface area contributed by atoms with E-state index in [2.05, 4.69) is 38.4 Å². The number of rotatable bonds is 7. The molecule has 1 N–H and O–H groups in total. The van der Waals surface area contributed by atoms with Crippen LogP contribution in [0.4, 0.5) is 10.5 Å². The number of methoxy groups -OCH3 is 2. The molecular weight excluding hydrogens is 592 g/mol. The van der Waals surface area contributed by atoms with Crippen LogP contribution in [0.5, 0.6) is 5.75 Å². The van der Waals surface area contributed by atoms with Crippen molar-refractivity contribution in [1.29, 1.82) is 0 Å². The van der Waals surface area contributed by atoms with Crippen LogP contribution in [0.15, 0.2) is 48.5 Å². The van der Waals surface area contributed by atoms with Crippen LogP contribution in [0.1, 0.15) is 48.5 Å². The fourth-order valence-corrected chi connectivity index (χ4v) is 7.94. The van der Waals surface area contributed by atoms with Gasteiger partial charge in [0.15, 0.2) is 5.82 Å². The van der Waals surface area contributed by atoms with Crippen molar-refractivity contribution in [2.45, 2.75) is 52.1 Å². The molecule has 4 heterocycles. The first-order valence-corrected chi connectivity index (χ1v) is 16.6. The lowest BCUT2D eigenvalue weighted by molar-refractivity contribution is 0.0696. The third-order valence-electron chi connectivity index (χ3n) is 10.8. The Balaban J connectivity index is 1.22. The van der Waals surface area contributed by atoms with Crippen molar-refractivity contribution in [2.75, 3.05) is 26.1 Å². The lowest BCUT2D eigenvalue weighted by Gasteiger charge is -2.27. The first-order valence-electron chi connectivity index (χ1n) is 16.6. The van der Waals surface area contributed by atoms with E-state index < -0.39 is 6.09 Å². The van der Waals surface area contributed by atoms with Gasteiger partial charge in [-0.1, -0.05) is 19.1 Å². The van der Waals surface area contributed by atoms with E-state index in [0.29, 0.717) is 40.8 Å². The molecule has 3 atom stereocenters. The number of fused-ring (bicyclic) bond motifs is 4. The van der Waals surface area contributed by atoms with E-state index in [1.807, 2.05) is 50.4 Å². The molecule has 242 valence electrons. The van der Waals surface area contributed by atoms with Gasteiger partial charge in [-0.3, -0.25) is 10.1 Å². The lowest BCUT2D eigenvalue weighted by Crippen LogP contribution is -2.38. The number of pyridine rings is 1. The summed E-state index contributed by atoms with van der Waals surface area (Å²) in [6.07, 6.45) is 4.17. The standard InChI is InChI=1S/C37H40N6O4/c1-20-24-12-14-30(20)43(19-24)36(44)25-15-29-33(32(17-25)46-4)41(3)35(39-29)31-16-23-11-13-28(38-34(23)42(31)18-22-9-10-22)26-7-6-8-27(21(26)2)40-37(45)47-5/h6-8,11,13,15-17,20,22,24,30H,9-10,12,14,18-19H2,1-5H3,(H,40,45)/t20-,24?,30?/m1/s1. The summed E-state index contributed by atoms with van der Waals surface area (Å²) in [6.45, 7) is 5.93. The van der Waals surface area contributed by atoms with Crippen LogP contribution in [0.3, 0.4) is 0 Å². The van der Waals surface area contributed by atoms with Gasteiger partial charge in [-0.15, -0.1) is 0 Å². The predicted molar refractivity (Wildman–Crippen MR) is 182 cm³/mol. The number of benzene rings is 2. The molecular formula is C37H40N6O4. The third-order valence-corrected chi connectivity index (χ3v) is 10.8. The van der Waals surface area contributed by atoms with Gasteiger partial charge in [-0.2, -0.15) is 0 Å². The van der Waals surface area contributed by atoms with E-state index in [0.717, 1.165) is 69.9 Å². The van der Waals surface area contributed by atoms with E-state index in [4.69, 9.17) is 19.4 Å². The number of hydrogen-bond donors (Lipinski definition) is 1. The van der Waals surface area contributed by atoms with E-state index in [1.165, 1.54) is 26.4 Å². The molecule has 2 bridgehead atoms. The van der Waals surface area contributed by atoms with Crippen LogP contribution in [0, 0.1) is 24.7 Å². The van der Waals surface area contributed by atoms with Gasteiger partial charge < -0.3 is 23.5 Å². The Kier molecular flexibility index (Phi) is 7.00. The molecule has 2 amide bonds. The number of amides is 2. The number of carbonyl (C=O) groups excluding carboxylic acids is 2. The number of piperidine rings is 1. The summed E-state index contributed by atoms with van der Waals surface area (Å²) < 4.78 is 15.1. The number of nitrogens with one attached hydrogen (secondary N) is 1. The highest BCUT2D eigenvalue weighted by molar-refractivity contribution is 6.00. The van der Waals surface area contributed by atoms with Crippen molar-refractivity contribution in [3.63, 3.8) is 0 Å². The molecule has 5 aromatic rings. The highest BCUT2D eigenvalue weighted by Crippen LogP contribution is 2.44. The molecule has 1 saturated heterocycles. The van der Waals surface area contributed by atoms with Crippen molar-refractivity contribution < 1.29 is 19.1 Å². The Hall–Kier alpha value is -4.86. The third kappa shape index (κ3) is 4.84. The summed E-state index contributed by atoms with van der Waals surface area (Å²) in [5, 5.41) is 3.83. The Morgan fingerprint density at radius 1 is 1.02 bits per heavy atom. The summed E-state index contributed by atoms with van der Waals surface area (Å²) in [5.41, 5.74) is 7.46. The van der Waals surface area contributed by atoms with E-state index >= 15 is 0 Å². The molecule has 2 aliphatic carbocycles. The zero-order chi connectivity index (χ0) is 32.6. The van der Waals surface area contributed by atoms with Crippen LogP contribution in [0.2, 0.25) is 0 Å². The highest BCUT2D eigenvalue weighted by atomic mass is 16.5. The van der Waals surface area contributed by atoms with E-state index in [-0.39, 0.29) is 5.91 Å². The Morgan fingerprint density at radius 2 is 1.85 bits per heavy atom. The first-order chi connectivity index (χ1) is 22.7. The second-order valence-corrected chi connectivity index (χ2v) is 13.5. The summed E-state index contributed by atoms with van der Waals surface area (Å²) in [4.78, 5) is 38.2. The molecule has 3 aromatic heterocycles. The van der Waals surface area contributed by atoms with Gasteiger partial charge in [0.1, 0.15) is 16.9 Å². The average Bonchev–Trinajstić information content (AvgIpc) is 3.48. The maximum atomic E-state index is 13.8. The van der Waals surface area contributed by atoms with Crippen molar-refractivity contribution >= 4 is 39.8 Å². The van der Waals surface area contributed by atoms with E-state index in [9.17, 15) is 9.59 Å². The normalized spacial score (nSPS) is 20.4. The van der Waals surface area contributed by atoms with E-state index in [1.54, 1.807) is 7.11 Å². The summed E-state index contributed by atoms with van der Waals surface area (Å²) in [6, 6.07) is 16.2. The van der Waals surface area contributed by atoms with Crippen molar-refractivity contribution in [2.24, 2.45) is 24.8 Å². The minimum Gasteiger partial charge on any atom is -0.494 e. The number of nitrogens with zero attached hydrogens (tertiary/aromatic N) is 5. The fourth-order valence-electron chi connectivity index (χ4n) is 7.94. The van der Waals surface area contributed by atoms with Gasteiger partial charge >= 0.3 is 6.09 Å². The van der Waals surface area contributed by atoms with Gasteiger partial charge in [0.25, 0.3) is 5.91 Å². The van der Waals surface area contributed by atoms with Crippen LogP contribution < -0.4 is 10.1 Å². The number of ether oxygens (including phenoxy) is 2. The number of hydrogen-bond acceptors (Lipinski definition) is 6. The maximum Gasteiger partial charge on any atom is 0.411 e. The number of carbonyl (C=O) groups is 2. The maximum absolute atomic E-state index is 13.8. The number of aromatic nitrogens is 4. The quantitative estimate of drug-likeness (QED) is 0.207. The topological polar surface area (TPSA) is 104 Å². The predicted octanol–water partition coefficient (Wildman–Crippen LogP) is 7.03. The smallest absolute Gasteiger partial charge is 0.411 e. The van der Waals surface area contributed by atoms with Crippen LogP contribution >= 0.6 is 0 Å². The zero-order valence-corrected chi connectivity index (χ0v) is 27.5. The van der Waals surface area contributed by atoms with Crippen LogP contribution in [-0.2, 0) is 18.3 Å². The second kappa shape index (κ2) is 11.1. The molecule has 10 heteroatoms. The molecule has 2 saturated carbocycles. The number of imidazole rings is 1. The van der Waals surface area contributed by atoms with Crippen LogP contribution in [-0.4, -0.2) is 62.8 Å². The zero-order valence-electron chi connectivity index (χ0n) is 27.5. The molecule has 10 nitrogen and oxygen atoms in total. The van der Waals surface area contributed by atoms with Crippen molar-refractivity contribution in [1.82, 2.24) is 24.0 Å². The minimum absolute atomic E-state index is 0.0668. The number of aryl methyl sites for hydroxylation is 1. The summed E-state index contributed by atoms with van der Waals surface area (Å²) >= 11 is 0. The van der Waals surface area contributed by atoms with Gasteiger partial charge in [0.2, 0.25) is 0 Å². The van der Waals surface area contributed by atoms with Crippen molar-refractivity contribution in [3.05, 3.63) is 59.7 Å². The molecule has 1 aliphatic heterocycles. The number of anilines is 1. The Labute approximate surface area is 273 Å². The number of likely N-dealkylation sites (tertiary alicyclic amines) is 1. The second-order valence-electron chi connectivity index (χ2n) is 13.5. The minimum atomic E-state index is -0.509. The molecule has 3 aliphatic rings. The first kappa shape index (κ1) is 29.5. The molecule has 3 fully saturated rings. The SMILES string of the molecule is COC(=O)Nc1cccc(-c2ccc3cc(-c4nc5cc(C(=O)N6CC7CCC6[C@@H]7C)cc(OC)c5n4C)n(CC4CC4)c3n2)c1C. The molecule has 47 heavy (non-hydrogen) atoms. The molecule has 0 spiro atoms. The summed E-state index contributed by atoms with van der Waals surface area (Å²) in [7, 11) is 5.02. The summed E-state index contributed by atoms with van der Waals surface area (Å²) in [5.74, 6) is 3.26.